The van der Waals surface area contributed by atoms with Crippen LogP contribution in [0.25, 0.3) is 0 Å². The van der Waals surface area contributed by atoms with Gasteiger partial charge in [0.05, 0.1) is 5.02 Å². The Bertz CT molecular complexity index is 336. The predicted molar refractivity (Wildman–Crippen MR) is 52.5 cm³/mol. The highest BCUT2D eigenvalue weighted by Gasteiger charge is 2.13. The Kier molecular flexibility index (Phi) is 2.36. The third-order valence-electron chi connectivity index (χ3n) is 2.42. The van der Waals surface area contributed by atoms with Crippen LogP contribution in [-0.4, -0.2) is 0 Å². The van der Waals surface area contributed by atoms with E-state index < -0.39 is 0 Å². The van der Waals surface area contributed by atoms with Crippen LogP contribution in [-0.2, 0) is 0 Å². The molecule has 13 heavy (non-hydrogen) atoms. The van der Waals surface area contributed by atoms with Crippen LogP contribution in [0.3, 0.4) is 0 Å². The summed E-state index contributed by atoms with van der Waals surface area (Å²) >= 11 is 5.70. The maximum Gasteiger partial charge on any atom is 0.141 e. The first-order valence-electron chi connectivity index (χ1n) is 4.37. The number of allylic oxidation sites excluding steroid dienone is 2. The Morgan fingerprint density at radius 1 is 1.23 bits per heavy atom. The molecule has 0 radical (unpaired) electrons. The molecule has 2 heteroatoms. The van der Waals surface area contributed by atoms with E-state index in [1.54, 1.807) is 6.07 Å². The first-order chi connectivity index (χ1) is 6.27. The van der Waals surface area contributed by atoms with Gasteiger partial charge in [-0.25, -0.2) is 4.39 Å². The molecule has 0 saturated heterocycles. The van der Waals surface area contributed by atoms with E-state index in [4.69, 9.17) is 11.6 Å². The zero-order valence-electron chi connectivity index (χ0n) is 7.13. The predicted octanol–water partition coefficient (Wildman–Crippen LogP) is 3.91. The highest BCUT2D eigenvalue weighted by Crippen LogP contribution is 2.31. The van der Waals surface area contributed by atoms with Gasteiger partial charge in [-0.1, -0.05) is 29.8 Å². The molecule has 0 N–H and O–H groups in total. The molecule has 0 saturated carbocycles. The van der Waals surface area contributed by atoms with Crippen LogP contribution in [0.2, 0.25) is 5.02 Å². The largest absolute Gasteiger partial charge is 0.205 e. The normalized spacial score (nSPS) is 16.8. The first kappa shape index (κ1) is 8.76. The molecule has 1 aliphatic rings. The molecule has 0 aliphatic heterocycles. The zero-order chi connectivity index (χ0) is 9.26. The highest BCUT2D eigenvalue weighted by atomic mass is 35.5. The van der Waals surface area contributed by atoms with E-state index in [1.807, 2.05) is 6.07 Å². The van der Waals surface area contributed by atoms with E-state index >= 15 is 0 Å². The van der Waals surface area contributed by atoms with Crippen molar-refractivity contribution in [2.75, 3.05) is 0 Å². The summed E-state index contributed by atoms with van der Waals surface area (Å²) in [5.41, 5.74) is 1.14. The Morgan fingerprint density at radius 2 is 1.92 bits per heavy atom. The molecule has 0 bridgehead atoms. The molecule has 0 unspecified atom stereocenters. The Balaban J connectivity index is 2.26. The lowest BCUT2D eigenvalue weighted by molar-refractivity contribution is 0.625. The van der Waals surface area contributed by atoms with Gasteiger partial charge in [-0.05, 0) is 36.5 Å². The van der Waals surface area contributed by atoms with E-state index in [2.05, 4.69) is 12.2 Å². The van der Waals surface area contributed by atoms with Gasteiger partial charge >= 0.3 is 0 Å². The maximum atomic E-state index is 12.8. The summed E-state index contributed by atoms with van der Waals surface area (Å²) < 4.78 is 12.8. The Morgan fingerprint density at radius 3 is 2.54 bits per heavy atom. The number of halogens is 2. The second-order valence-corrected chi connectivity index (χ2v) is 3.72. The van der Waals surface area contributed by atoms with Gasteiger partial charge in [-0.15, -0.1) is 0 Å². The van der Waals surface area contributed by atoms with Gasteiger partial charge in [0.15, 0.2) is 0 Å². The fraction of sp³-hybridized carbons (Fsp3) is 0.273. The minimum absolute atomic E-state index is 0.226. The molecule has 1 aromatic carbocycles. The Labute approximate surface area is 82.0 Å². The number of benzene rings is 1. The standard InChI is InChI=1S/C11H10ClF/c12-10-7-9(5-6-11(10)13)8-3-1-2-4-8/h1-2,5-8H,3-4H2. The molecule has 1 aliphatic carbocycles. The van der Waals surface area contributed by atoms with Gasteiger partial charge in [0.1, 0.15) is 5.82 Å². The molecule has 0 amide bonds. The quantitative estimate of drug-likeness (QED) is 0.598. The number of hydrogen-bond donors (Lipinski definition) is 0. The van der Waals surface area contributed by atoms with Crippen molar-refractivity contribution in [3.63, 3.8) is 0 Å². The third-order valence-corrected chi connectivity index (χ3v) is 2.71. The Hall–Kier alpha value is -0.820. The van der Waals surface area contributed by atoms with Crippen LogP contribution in [0.1, 0.15) is 24.3 Å². The lowest BCUT2D eigenvalue weighted by Gasteiger charge is -2.09. The summed E-state index contributed by atoms with van der Waals surface area (Å²) in [5, 5.41) is 0.226. The lowest BCUT2D eigenvalue weighted by atomic mass is 9.97. The monoisotopic (exact) mass is 196 g/mol. The third kappa shape index (κ3) is 1.75. The van der Waals surface area contributed by atoms with Crippen molar-refractivity contribution in [1.29, 1.82) is 0 Å². The zero-order valence-corrected chi connectivity index (χ0v) is 7.89. The van der Waals surface area contributed by atoms with E-state index in [9.17, 15) is 4.39 Å². The minimum atomic E-state index is -0.337. The van der Waals surface area contributed by atoms with Crippen LogP contribution >= 0.6 is 11.6 Å². The van der Waals surface area contributed by atoms with Crippen LogP contribution < -0.4 is 0 Å². The van der Waals surface area contributed by atoms with E-state index in [1.165, 1.54) is 6.07 Å². The summed E-state index contributed by atoms with van der Waals surface area (Å²) in [4.78, 5) is 0. The fourth-order valence-electron chi connectivity index (χ4n) is 1.66. The lowest BCUT2D eigenvalue weighted by Crippen LogP contribution is -1.93. The second-order valence-electron chi connectivity index (χ2n) is 3.31. The summed E-state index contributed by atoms with van der Waals surface area (Å²) in [6, 6.07) is 4.99. The molecule has 68 valence electrons. The molecule has 0 heterocycles. The van der Waals surface area contributed by atoms with Gasteiger partial charge < -0.3 is 0 Å². The minimum Gasteiger partial charge on any atom is -0.205 e. The van der Waals surface area contributed by atoms with Crippen LogP contribution in [0.5, 0.6) is 0 Å². The molecule has 0 aromatic heterocycles. The van der Waals surface area contributed by atoms with Crippen molar-refractivity contribution in [3.8, 4) is 0 Å². The molecular weight excluding hydrogens is 187 g/mol. The molecule has 0 fully saturated rings. The molecular formula is C11H10ClF. The molecule has 0 nitrogen and oxygen atoms in total. The van der Waals surface area contributed by atoms with Crippen LogP contribution in [0.4, 0.5) is 4.39 Å². The molecule has 0 spiro atoms. The van der Waals surface area contributed by atoms with Crippen molar-refractivity contribution in [2.24, 2.45) is 0 Å². The smallest absolute Gasteiger partial charge is 0.141 e. The maximum absolute atomic E-state index is 12.8. The van der Waals surface area contributed by atoms with Gasteiger partial charge in [0.2, 0.25) is 0 Å². The van der Waals surface area contributed by atoms with Crippen molar-refractivity contribution in [1.82, 2.24) is 0 Å². The van der Waals surface area contributed by atoms with Crippen molar-refractivity contribution >= 4 is 11.6 Å². The van der Waals surface area contributed by atoms with Crippen molar-refractivity contribution in [2.45, 2.75) is 18.8 Å². The van der Waals surface area contributed by atoms with Crippen LogP contribution in [0.15, 0.2) is 30.4 Å². The summed E-state index contributed by atoms with van der Waals surface area (Å²) in [7, 11) is 0. The molecule has 2 rings (SSSR count). The van der Waals surface area contributed by atoms with Gasteiger partial charge in [0, 0.05) is 0 Å². The van der Waals surface area contributed by atoms with Crippen LogP contribution in [0, 0.1) is 5.82 Å². The highest BCUT2D eigenvalue weighted by molar-refractivity contribution is 6.30. The SMILES string of the molecule is Fc1ccc(C2CC=CC2)cc1Cl. The number of hydrogen-bond acceptors (Lipinski definition) is 0. The van der Waals surface area contributed by atoms with Gasteiger partial charge in [0.25, 0.3) is 0 Å². The molecule has 1 aromatic rings. The van der Waals surface area contributed by atoms with E-state index in [0.29, 0.717) is 5.92 Å². The fourth-order valence-corrected chi connectivity index (χ4v) is 1.84. The summed E-state index contributed by atoms with van der Waals surface area (Å²) in [5.74, 6) is 0.162. The second kappa shape index (κ2) is 3.51. The average molecular weight is 197 g/mol. The summed E-state index contributed by atoms with van der Waals surface area (Å²) in [6.45, 7) is 0. The average Bonchev–Trinajstić information content (AvgIpc) is 2.62. The van der Waals surface area contributed by atoms with Gasteiger partial charge in [-0.2, -0.15) is 0 Å². The first-order valence-corrected chi connectivity index (χ1v) is 4.75. The number of rotatable bonds is 1. The molecule has 0 atom stereocenters. The topological polar surface area (TPSA) is 0 Å². The summed E-state index contributed by atoms with van der Waals surface area (Å²) in [6.07, 6.45) is 6.40. The van der Waals surface area contributed by atoms with Crippen molar-refractivity contribution in [3.05, 3.63) is 46.8 Å². The van der Waals surface area contributed by atoms with E-state index in [-0.39, 0.29) is 10.8 Å². The van der Waals surface area contributed by atoms with Gasteiger partial charge in [-0.3, -0.25) is 0 Å². The van der Waals surface area contributed by atoms with E-state index in [0.717, 1.165) is 18.4 Å². The van der Waals surface area contributed by atoms with Crippen molar-refractivity contribution < 1.29 is 4.39 Å².